The maximum Gasteiger partial charge on any atom is 0.310 e. The lowest BCUT2D eigenvalue weighted by Gasteiger charge is -2.06. The molecule has 0 bridgehead atoms. The number of rotatable bonds is 4. The summed E-state index contributed by atoms with van der Waals surface area (Å²) in [7, 11) is 0. The van der Waals surface area contributed by atoms with Gasteiger partial charge in [0, 0.05) is 5.56 Å². The third kappa shape index (κ3) is 3.03. The Hall–Kier alpha value is -1.65. The first-order valence-electron chi connectivity index (χ1n) is 5.62. The topological polar surface area (TPSA) is 54.4 Å². The number of carbonyl (C=O) groups is 2. The van der Waals surface area contributed by atoms with Crippen molar-refractivity contribution in [3.63, 3.8) is 0 Å². The highest BCUT2D eigenvalue weighted by molar-refractivity contribution is 7.18. The highest BCUT2D eigenvalue weighted by Crippen LogP contribution is 2.24. The van der Waals surface area contributed by atoms with Crippen molar-refractivity contribution in [1.82, 2.24) is 0 Å². The van der Waals surface area contributed by atoms with Crippen LogP contribution >= 0.6 is 22.9 Å². The van der Waals surface area contributed by atoms with Gasteiger partial charge >= 0.3 is 5.97 Å². The summed E-state index contributed by atoms with van der Waals surface area (Å²) in [6.07, 6.45) is 0. The van der Waals surface area contributed by atoms with Crippen molar-refractivity contribution in [3.05, 3.63) is 56.7 Å². The van der Waals surface area contributed by atoms with Gasteiger partial charge < -0.3 is 5.11 Å². The Balaban J connectivity index is 2.23. The molecule has 0 radical (unpaired) electrons. The summed E-state index contributed by atoms with van der Waals surface area (Å²) in [5.41, 5.74) is 1.20. The van der Waals surface area contributed by atoms with E-state index in [9.17, 15) is 9.59 Å². The Morgan fingerprint density at radius 2 is 1.79 bits per heavy atom. The Bertz CT molecular complexity index is 616. The van der Waals surface area contributed by atoms with Gasteiger partial charge in [0.15, 0.2) is 0 Å². The number of thiophene rings is 1. The number of halogens is 1. The van der Waals surface area contributed by atoms with E-state index in [0.29, 0.717) is 20.3 Å². The van der Waals surface area contributed by atoms with Gasteiger partial charge in [-0.2, -0.15) is 0 Å². The predicted octanol–water partition coefficient (Wildman–Crippen LogP) is 3.82. The minimum atomic E-state index is -0.885. The Kier molecular flexibility index (Phi) is 4.02. The van der Waals surface area contributed by atoms with Gasteiger partial charge in [-0.3, -0.25) is 9.59 Å². The van der Waals surface area contributed by atoms with Crippen molar-refractivity contribution in [2.75, 3.05) is 0 Å². The van der Waals surface area contributed by atoms with E-state index in [1.54, 1.807) is 43.3 Å². The molecular formula is C14H11ClO3S. The molecule has 0 amide bonds. The van der Waals surface area contributed by atoms with Crippen LogP contribution in [0, 0.1) is 0 Å². The first kappa shape index (κ1) is 13.8. The number of carbonyl (C=O) groups excluding carboxylic acids is 1. The van der Waals surface area contributed by atoms with Crippen LogP contribution in [0.1, 0.15) is 33.6 Å². The lowest BCUT2D eigenvalue weighted by molar-refractivity contribution is -0.138. The summed E-state index contributed by atoms with van der Waals surface area (Å²) >= 11 is 7.02. The van der Waals surface area contributed by atoms with Crippen LogP contribution in [0.15, 0.2) is 36.4 Å². The molecule has 3 nitrogen and oxygen atoms in total. The molecule has 5 heteroatoms. The lowest BCUT2D eigenvalue weighted by Crippen LogP contribution is -2.07. The van der Waals surface area contributed by atoms with Crippen LogP contribution in [0.5, 0.6) is 0 Å². The van der Waals surface area contributed by atoms with Crippen molar-refractivity contribution in [3.8, 4) is 0 Å². The Labute approximate surface area is 119 Å². The lowest BCUT2D eigenvalue weighted by atomic mass is 9.99. The summed E-state index contributed by atoms with van der Waals surface area (Å²) in [6, 6.07) is 9.99. The zero-order valence-corrected chi connectivity index (χ0v) is 11.7. The molecule has 1 aromatic heterocycles. The normalized spacial score (nSPS) is 12.1. The SMILES string of the molecule is CC(C(=O)O)c1ccc(C(=O)c2ccc(Cl)s2)cc1. The fourth-order valence-corrected chi connectivity index (χ4v) is 2.65. The summed E-state index contributed by atoms with van der Waals surface area (Å²) in [5.74, 6) is -1.57. The van der Waals surface area contributed by atoms with E-state index in [2.05, 4.69) is 0 Å². The van der Waals surface area contributed by atoms with Crippen molar-refractivity contribution in [2.45, 2.75) is 12.8 Å². The maximum atomic E-state index is 12.1. The molecule has 19 heavy (non-hydrogen) atoms. The molecule has 2 rings (SSSR count). The number of ketones is 1. The smallest absolute Gasteiger partial charge is 0.310 e. The number of benzene rings is 1. The molecule has 0 saturated heterocycles. The first-order valence-corrected chi connectivity index (χ1v) is 6.81. The zero-order valence-electron chi connectivity index (χ0n) is 10.1. The van der Waals surface area contributed by atoms with Crippen LogP contribution in [0.25, 0.3) is 0 Å². The number of carboxylic acid groups (broad SMARTS) is 1. The number of hydrogen-bond donors (Lipinski definition) is 1. The molecule has 0 fully saturated rings. The number of carboxylic acids is 1. The molecule has 0 spiro atoms. The average molecular weight is 295 g/mol. The van der Waals surface area contributed by atoms with E-state index in [1.807, 2.05) is 0 Å². The van der Waals surface area contributed by atoms with E-state index < -0.39 is 11.9 Å². The number of aliphatic carboxylic acids is 1. The monoisotopic (exact) mass is 294 g/mol. The third-order valence-corrected chi connectivity index (χ3v) is 4.07. The second kappa shape index (κ2) is 5.55. The maximum absolute atomic E-state index is 12.1. The fourth-order valence-electron chi connectivity index (χ4n) is 1.64. The predicted molar refractivity (Wildman–Crippen MR) is 75.3 cm³/mol. The summed E-state index contributed by atoms with van der Waals surface area (Å²) < 4.78 is 0.569. The Morgan fingerprint density at radius 1 is 1.16 bits per heavy atom. The molecular weight excluding hydrogens is 284 g/mol. The van der Waals surface area contributed by atoms with Crippen molar-refractivity contribution in [1.29, 1.82) is 0 Å². The van der Waals surface area contributed by atoms with Crippen LogP contribution in [-0.2, 0) is 4.79 Å². The van der Waals surface area contributed by atoms with Crippen LogP contribution in [0.4, 0.5) is 0 Å². The minimum Gasteiger partial charge on any atom is -0.481 e. The molecule has 1 aromatic carbocycles. The van der Waals surface area contributed by atoms with Gasteiger partial charge in [0.1, 0.15) is 0 Å². The highest BCUT2D eigenvalue weighted by atomic mass is 35.5. The molecule has 1 N–H and O–H groups in total. The van der Waals surface area contributed by atoms with E-state index in [4.69, 9.17) is 16.7 Å². The largest absolute Gasteiger partial charge is 0.481 e. The van der Waals surface area contributed by atoms with Crippen LogP contribution in [0.2, 0.25) is 4.34 Å². The standard InChI is InChI=1S/C14H11ClO3S/c1-8(14(17)18)9-2-4-10(5-3-9)13(16)11-6-7-12(15)19-11/h2-8H,1H3,(H,17,18). The number of hydrogen-bond acceptors (Lipinski definition) is 3. The Morgan fingerprint density at radius 3 is 2.26 bits per heavy atom. The second-order valence-corrected chi connectivity index (χ2v) is 5.83. The molecule has 1 unspecified atom stereocenters. The fraction of sp³-hybridized carbons (Fsp3) is 0.143. The van der Waals surface area contributed by atoms with E-state index >= 15 is 0 Å². The molecule has 0 aliphatic carbocycles. The van der Waals surface area contributed by atoms with Gasteiger partial charge in [0.2, 0.25) is 5.78 Å². The molecule has 1 heterocycles. The van der Waals surface area contributed by atoms with E-state index in [1.165, 1.54) is 11.3 Å². The third-order valence-electron chi connectivity index (χ3n) is 2.84. The van der Waals surface area contributed by atoms with Crippen molar-refractivity contribution < 1.29 is 14.7 Å². The molecule has 0 saturated carbocycles. The molecule has 2 aromatic rings. The van der Waals surface area contributed by atoms with Gasteiger partial charge in [-0.1, -0.05) is 35.9 Å². The molecule has 0 aliphatic rings. The van der Waals surface area contributed by atoms with Crippen molar-refractivity contribution >= 4 is 34.7 Å². The highest BCUT2D eigenvalue weighted by Gasteiger charge is 2.15. The van der Waals surface area contributed by atoms with E-state index in [-0.39, 0.29) is 5.78 Å². The van der Waals surface area contributed by atoms with Gasteiger partial charge in [0.25, 0.3) is 0 Å². The van der Waals surface area contributed by atoms with E-state index in [0.717, 1.165) is 0 Å². The summed E-state index contributed by atoms with van der Waals surface area (Å²) in [4.78, 5) is 23.5. The second-order valence-electron chi connectivity index (χ2n) is 4.11. The quantitative estimate of drug-likeness (QED) is 0.872. The molecule has 0 aliphatic heterocycles. The van der Waals surface area contributed by atoms with Gasteiger partial charge in [-0.25, -0.2) is 0 Å². The van der Waals surface area contributed by atoms with Gasteiger partial charge in [-0.15, -0.1) is 11.3 Å². The van der Waals surface area contributed by atoms with Gasteiger partial charge in [0.05, 0.1) is 15.1 Å². The zero-order chi connectivity index (χ0) is 14.0. The minimum absolute atomic E-state index is 0.105. The van der Waals surface area contributed by atoms with Crippen LogP contribution in [-0.4, -0.2) is 16.9 Å². The summed E-state index contributed by atoms with van der Waals surface area (Å²) in [5, 5.41) is 8.91. The van der Waals surface area contributed by atoms with Crippen molar-refractivity contribution in [2.24, 2.45) is 0 Å². The molecule has 1 atom stereocenters. The van der Waals surface area contributed by atoms with Gasteiger partial charge in [-0.05, 0) is 24.6 Å². The summed E-state index contributed by atoms with van der Waals surface area (Å²) in [6.45, 7) is 1.61. The molecule has 98 valence electrons. The first-order chi connectivity index (χ1) is 8.99. The average Bonchev–Trinajstić information content (AvgIpc) is 2.84. The van der Waals surface area contributed by atoms with Crippen LogP contribution < -0.4 is 0 Å². The van der Waals surface area contributed by atoms with Crippen LogP contribution in [0.3, 0.4) is 0 Å².